The van der Waals surface area contributed by atoms with Crippen LogP contribution in [-0.2, 0) is 24.1 Å². The van der Waals surface area contributed by atoms with Gasteiger partial charge in [-0.25, -0.2) is 14.4 Å². The van der Waals surface area contributed by atoms with Crippen molar-refractivity contribution in [3.05, 3.63) is 41.0 Å². The second-order valence-corrected chi connectivity index (χ2v) is 6.27. The van der Waals surface area contributed by atoms with Gasteiger partial charge in [0, 0.05) is 11.5 Å². The molecule has 2 aromatic rings. The Hall–Kier alpha value is -2.30. The molecular formula is C19H22FN3O. The van der Waals surface area contributed by atoms with E-state index in [0.717, 1.165) is 41.1 Å². The molecule has 126 valence electrons. The Kier molecular flexibility index (Phi) is 4.60. The molecule has 0 bridgehead atoms. The van der Waals surface area contributed by atoms with E-state index in [0.29, 0.717) is 18.7 Å². The van der Waals surface area contributed by atoms with Crippen LogP contribution in [-0.4, -0.2) is 15.9 Å². The first-order chi connectivity index (χ1) is 11.5. The number of anilines is 1. The highest BCUT2D eigenvalue weighted by molar-refractivity contribution is 5.92. The predicted molar refractivity (Wildman–Crippen MR) is 92.3 cm³/mol. The smallest absolute Gasteiger partial charge is 0.228 e. The molecule has 0 saturated carbocycles. The molecule has 4 nitrogen and oxygen atoms in total. The van der Waals surface area contributed by atoms with Gasteiger partial charge in [0.1, 0.15) is 5.82 Å². The number of aromatic nitrogens is 2. The van der Waals surface area contributed by atoms with Gasteiger partial charge in [0.25, 0.3) is 0 Å². The number of rotatable bonds is 4. The zero-order chi connectivity index (χ0) is 17.3. The van der Waals surface area contributed by atoms with Gasteiger partial charge in [-0.15, -0.1) is 0 Å². The van der Waals surface area contributed by atoms with Gasteiger partial charge in [-0.3, -0.25) is 4.79 Å². The number of carbonyl (C=O) groups is 1. The number of fused-ring (bicyclic) bond motifs is 3. The summed E-state index contributed by atoms with van der Waals surface area (Å²) in [5.41, 5.74) is 4.36. The van der Waals surface area contributed by atoms with Crippen molar-refractivity contribution >= 4 is 11.7 Å². The minimum atomic E-state index is -0.224. The lowest BCUT2D eigenvalue weighted by atomic mass is 9.91. The molecule has 1 atom stereocenters. The Morgan fingerprint density at radius 1 is 1.29 bits per heavy atom. The quantitative estimate of drug-likeness (QED) is 0.926. The van der Waals surface area contributed by atoms with Crippen LogP contribution in [0, 0.1) is 11.7 Å². The number of nitrogens with one attached hydrogen (secondary N) is 1. The molecule has 24 heavy (non-hydrogen) atoms. The molecule has 1 N–H and O–H groups in total. The van der Waals surface area contributed by atoms with Crippen molar-refractivity contribution in [3.8, 4) is 11.3 Å². The summed E-state index contributed by atoms with van der Waals surface area (Å²) in [6.45, 7) is 5.88. The topological polar surface area (TPSA) is 54.9 Å². The van der Waals surface area contributed by atoms with Crippen molar-refractivity contribution in [2.45, 2.75) is 46.5 Å². The first kappa shape index (κ1) is 16.6. The van der Waals surface area contributed by atoms with E-state index >= 15 is 0 Å². The van der Waals surface area contributed by atoms with Gasteiger partial charge in [0.2, 0.25) is 5.91 Å². The van der Waals surface area contributed by atoms with Crippen LogP contribution in [0.1, 0.15) is 44.1 Å². The van der Waals surface area contributed by atoms with E-state index < -0.39 is 0 Å². The summed E-state index contributed by atoms with van der Waals surface area (Å²) < 4.78 is 13.4. The second-order valence-electron chi connectivity index (χ2n) is 6.27. The monoisotopic (exact) mass is 327 g/mol. The molecule has 0 radical (unpaired) electrons. The second kappa shape index (κ2) is 6.67. The van der Waals surface area contributed by atoms with Crippen LogP contribution in [0.2, 0.25) is 0 Å². The van der Waals surface area contributed by atoms with Crippen LogP contribution in [0.5, 0.6) is 0 Å². The minimum absolute atomic E-state index is 0.0280. The van der Waals surface area contributed by atoms with Crippen molar-refractivity contribution in [3.63, 3.8) is 0 Å². The Bertz CT molecular complexity index is 788. The van der Waals surface area contributed by atoms with Gasteiger partial charge in [0.05, 0.1) is 17.1 Å². The molecular weight excluding hydrogens is 305 g/mol. The Morgan fingerprint density at radius 2 is 2.08 bits per heavy atom. The molecule has 0 saturated heterocycles. The van der Waals surface area contributed by atoms with Gasteiger partial charge in [-0.2, -0.15) is 0 Å². The molecule has 0 fully saturated rings. The maximum absolute atomic E-state index is 13.4. The number of benzene rings is 1. The van der Waals surface area contributed by atoms with Gasteiger partial charge in [-0.05, 0) is 49.4 Å². The van der Waals surface area contributed by atoms with Crippen LogP contribution >= 0.6 is 0 Å². The average Bonchev–Trinajstić information content (AvgIpc) is 2.59. The summed E-state index contributed by atoms with van der Waals surface area (Å²) in [6, 6.07) is 4.80. The summed E-state index contributed by atoms with van der Waals surface area (Å²) in [6.07, 6.45) is 2.89. The number of carbonyl (C=O) groups excluding carboxylic acids is 1. The molecule has 5 heteroatoms. The van der Waals surface area contributed by atoms with Crippen LogP contribution < -0.4 is 5.32 Å². The molecule has 3 rings (SSSR count). The van der Waals surface area contributed by atoms with E-state index in [-0.39, 0.29) is 17.6 Å². The molecule has 1 aromatic heterocycles. The zero-order valence-corrected chi connectivity index (χ0v) is 14.3. The molecule has 1 aliphatic carbocycles. The summed E-state index contributed by atoms with van der Waals surface area (Å²) in [4.78, 5) is 21.6. The van der Waals surface area contributed by atoms with Crippen LogP contribution in [0.15, 0.2) is 18.2 Å². The maximum Gasteiger partial charge on any atom is 0.228 e. The highest BCUT2D eigenvalue weighted by Crippen LogP contribution is 2.33. The summed E-state index contributed by atoms with van der Waals surface area (Å²) >= 11 is 0. The Balaban J connectivity index is 2.01. The van der Waals surface area contributed by atoms with Gasteiger partial charge >= 0.3 is 0 Å². The van der Waals surface area contributed by atoms with Crippen molar-refractivity contribution in [2.24, 2.45) is 5.92 Å². The number of aryl methyl sites for hydroxylation is 3. The fraction of sp³-hybridized carbons (Fsp3) is 0.421. The summed E-state index contributed by atoms with van der Waals surface area (Å²) in [5, 5.41) is 2.92. The standard InChI is InChI=1S/C19H22FN3O/c1-4-11(3)19(24)23-18-15(5-2)21-17-14-8-7-13(20)10-12(14)6-9-16(17)22-18/h7-8,10-11H,4-6,9H2,1-3H3,(H,22,23,24). The average molecular weight is 327 g/mol. The van der Waals surface area contributed by atoms with Crippen LogP contribution in [0.25, 0.3) is 11.3 Å². The lowest BCUT2D eigenvalue weighted by Crippen LogP contribution is -2.23. The fourth-order valence-corrected chi connectivity index (χ4v) is 2.92. The van der Waals surface area contributed by atoms with Gasteiger partial charge in [-0.1, -0.05) is 20.8 Å². The molecule has 0 spiro atoms. The molecule has 1 aromatic carbocycles. The van der Waals surface area contributed by atoms with Crippen molar-refractivity contribution in [2.75, 3.05) is 5.32 Å². The van der Waals surface area contributed by atoms with Gasteiger partial charge < -0.3 is 5.32 Å². The first-order valence-corrected chi connectivity index (χ1v) is 8.52. The Labute approximate surface area is 141 Å². The number of amides is 1. The number of hydrogen-bond donors (Lipinski definition) is 1. The van der Waals surface area contributed by atoms with E-state index in [9.17, 15) is 9.18 Å². The number of hydrogen-bond acceptors (Lipinski definition) is 3. The fourth-order valence-electron chi connectivity index (χ4n) is 2.92. The largest absolute Gasteiger partial charge is 0.309 e. The van der Waals surface area contributed by atoms with E-state index in [2.05, 4.69) is 10.3 Å². The SMILES string of the molecule is CCc1nc2c(nc1NC(=O)C(C)CC)CCc1cc(F)ccc1-2. The summed E-state index contributed by atoms with van der Waals surface area (Å²) in [5.74, 6) is 0.251. The van der Waals surface area contributed by atoms with E-state index in [1.165, 1.54) is 6.07 Å². The Morgan fingerprint density at radius 3 is 2.79 bits per heavy atom. The zero-order valence-electron chi connectivity index (χ0n) is 14.3. The number of nitrogens with zero attached hydrogens (tertiary/aromatic N) is 2. The third-order valence-corrected chi connectivity index (χ3v) is 4.63. The highest BCUT2D eigenvalue weighted by atomic mass is 19.1. The van der Waals surface area contributed by atoms with Crippen LogP contribution in [0.4, 0.5) is 10.2 Å². The third kappa shape index (κ3) is 3.03. The predicted octanol–water partition coefficient (Wildman–Crippen LogP) is 3.93. The van der Waals surface area contributed by atoms with Crippen molar-refractivity contribution in [1.82, 2.24) is 9.97 Å². The third-order valence-electron chi connectivity index (χ3n) is 4.63. The normalized spacial score (nSPS) is 13.8. The lowest BCUT2D eigenvalue weighted by Gasteiger charge is -2.21. The summed E-state index contributed by atoms with van der Waals surface area (Å²) in [7, 11) is 0. The highest BCUT2D eigenvalue weighted by Gasteiger charge is 2.22. The maximum atomic E-state index is 13.4. The number of halogens is 1. The molecule has 1 aliphatic rings. The van der Waals surface area contributed by atoms with E-state index in [1.54, 1.807) is 12.1 Å². The van der Waals surface area contributed by atoms with Crippen molar-refractivity contribution < 1.29 is 9.18 Å². The molecule has 0 aliphatic heterocycles. The van der Waals surface area contributed by atoms with Crippen LogP contribution in [0.3, 0.4) is 0 Å². The lowest BCUT2D eigenvalue weighted by molar-refractivity contribution is -0.119. The van der Waals surface area contributed by atoms with E-state index in [1.807, 2.05) is 20.8 Å². The van der Waals surface area contributed by atoms with Crippen molar-refractivity contribution in [1.29, 1.82) is 0 Å². The minimum Gasteiger partial charge on any atom is -0.309 e. The first-order valence-electron chi connectivity index (χ1n) is 8.52. The van der Waals surface area contributed by atoms with E-state index in [4.69, 9.17) is 4.98 Å². The molecule has 1 unspecified atom stereocenters. The molecule has 1 heterocycles. The molecule has 1 amide bonds. The van der Waals surface area contributed by atoms with Gasteiger partial charge in [0.15, 0.2) is 5.82 Å².